The van der Waals surface area contributed by atoms with Crippen LogP contribution >= 0.6 is 11.3 Å². The van der Waals surface area contributed by atoms with Gasteiger partial charge in [0, 0.05) is 25.0 Å². The van der Waals surface area contributed by atoms with E-state index in [0.717, 1.165) is 32.4 Å². The summed E-state index contributed by atoms with van der Waals surface area (Å²) >= 11 is 1.73. The fraction of sp³-hybridized carbons (Fsp3) is 0.583. The lowest BCUT2D eigenvalue weighted by atomic mass is 10.3. The molecule has 16 heavy (non-hydrogen) atoms. The molecule has 0 aliphatic carbocycles. The molecule has 0 saturated heterocycles. The standard InChI is InChI=1S/C12H20N2OS/c1-3-4-9-14(2)12(15)13-8-7-11-6-5-10-16-11/h5-6,10H,3-4,7-9H2,1-2H3,(H,13,15). The summed E-state index contributed by atoms with van der Waals surface area (Å²) in [5.41, 5.74) is 0. The molecule has 0 aliphatic heterocycles. The van der Waals surface area contributed by atoms with Crippen LogP contribution in [0.2, 0.25) is 0 Å². The second-order valence-corrected chi connectivity index (χ2v) is 4.87. The van der Waals surface area contributed by atoms with Crippen molar-refractivity contribution in [3.05, 3.63) is 22.4 Å². The van der Waals surface area contributed by atoms with Crippen molar-refractivity contribution in [2.45, 2.75) is 26.2 Å². The van der Waals surface area contributed by atoms with E-state index < -0.39 is 0 Å². The number of thiophene rings is 1. The Labute approximate surface area is 101 Å². The van der Waals surface area contributed by atoms with Crippen LogP contribution in [0.25, 0.3) is 0 Å². The third-order valence-electron chi connectivity index (χ3n) is 2.42. The first-order chi connectivity index (χ1) is 7.74. The van der Waals surface area contributed by atoms with Gasteiger partial charge in [0.15, 0.2) is 0 Å². The molecule has 1 rings (SSSR count). The maximum absolute atomic E-state index is 11.6. The largest absolute Gasteiger partial charge is 0.338 e. The fourth-order valence-corrected chi connectivity index (χ4v) is 2.09. The molecule has 1 aromatic heterocycles. The first-order valence-electron chi connectivity index (χ1n) is 5.75. The van der Waals surface area contributed by atoms with Gasteiger partial charge in [-0.25, -0.2) is 4.79 Å². The van der Waals surface area contributed by atoms with E-state index in [9.17, 15) is 4.79 Å². The number of carbonyl (C=O) groups excluding carboxylic acids is 1. The van der Waals surface area contributed by atoms with Crippen molar-refractivity contribution >= 4 is 17.4 Å². The van der Waals surface area contributed by atoms with Gasteiger partial charge in [-0.2, -0.15) is 0 Å². The number of unbranched alkanes of at least 4 members (excludes halogenated alkanes) is 1. The molecule has 0 radical (unpaired) electrons. The van der Waals surface area contributed by atoms with E-state index in [1.54, 1.807) is 16.2 Å². The van der Waals surface area contributed by atoms with Crippen molar-refractivity contribution in [3.63, 3.8) is 0 Å². The molecule has 0 spiro atoms. The van der Waals surface area contributed by atoms with Crippen LogP contribution in [0.4, 0.5) is 4.79 Å². The van der Waals surface area contributed by atoms with Gasteiger partial charge < -0.3 is 10.2 Å². The van der Waals surface area contributed by atoms with E-state index in [2.05, 4.69) is 23.7 Å². The van der Waals surface area contributed by atoms with Crippen LogP contribution in [-0.4, -0.2) is 31.1 Å². The minimum atomic E-state index is 0.0324. The van der Waals surface area contributed by atoms with Gasteiger partial charge in [-0.3, -0.25) is 0 Å². The molecule has 0 saturated carbocycles. The van der Waals surface area contributed by atoms with Gasteiger partial charge in [0.2, 0.25) is 0 Å². The third kappa shape index (κ3) is 4.66. The molecule has 0 unspecified atom stereocenters. The monoisotopic (exact) mass is 240 g/mol. The van der Waals surface area contributed by atoms with Crippen LogP contribution in [0.1, 0.15) is 24.6 Å². The van der Waals surface area contributed by atoms with Crippen molar-refractivity contribution in [2.75, 3.05) is 20.1 Å². The Morgan fingerprint density at radius 2 is 2.38 bits per heavy atom. The third-order valence-corrected chi connectivity index (χ3v) is 3.36. The summed E-state index contributed by atoms with van der Waals surface area (Å²) in [5, 5.41) is 4.98. The molecule has 0 fully saturated rings. The summed E-state index contributed by atoms with van der Waals surface area (Å²) in [4.78, 5) is 14.7. The van der Waals surface area contributed by atoms with Crippen molar-refractivity contribution in [3.8, 4) is 0 Å². The average molecular weight is 240 g/mol. The van der Waals surface area contributed by atoms with Crippen molar-refractivity contribution in [1.29, 1.82) is 0 Å². The van der Waals surface area contributed by atoms with E-state index >= 15 is 0 Å². The second kappa shape index (κ2) is 7.28. The zero-order valence-corrected chi connectivity index (χ0v) is 10.8. The molecule has 0 aromatic carbocycles. The first kappa shape index (κ1) is 13.0. The lowest BCUT2D eigenvalue weighted by molar-refractivity contribution is 0.208. The number of urea groups is 1. The highest BCUT2D eigenvalue weighted by molar-refractivity contribution is 7.09. The molecular formula is C12H20N2OS. The predicted octanol–water partition coefficient (Wildman–Crippen LogP) is 2.73. The highest BCUT2D eigenvalue weighted by atomic mass is 32.1. The Kier molecular flexibility index (Phi) is 5.93. The highest BCUT2D eigenvalue weighted by Gasteiger charge is 2.06. The normalized spacial score (nSPS) is 10.1. The predicted molar refractivity (Wildman–Crippen MR) is 69.0 cm³/mol. The molecule has 0 atom stereocenters. The Morgan fingerprint density at radius 1 is 1.56 bits per heavy atom. The molecule has 2 amide bonds. The van der Waals surface area contributed by atoms with Crippen LogP contribution in [0.15, 0.2) is 17.5 Å². The summed E-state index contributed by atoms with van der Waals surface area (Å²) in [6.07, 6.45) is 3.10. The Morgan fingerprint density at radius 3 is 3.00 bits per heavy atom. The van der Waals surface area contributed by atoms with E-state index in [1.165, 1.54) is 4.88 Å². The molecule has 1 heterocycles. The quantitative estimate of drug-likeness (QED) is 0.814. The van der Waals surface area contributed by atoms with E-state index in [1.807, 2.05) is 13.1 Å². The van der Waals surface area contributed by atoms with E-state index in [0.29, 0.717) is 0 Å². The molecule has 3 nitrogen and oxygen atoms in total. The first-order valence-corrected chi connectivity index (χ1v) is 6.63. The van der Waals surface area contributed by atoms with Crippen molar-refractivity contribution in [2.24, 2.45) is 0 Å². The number of hydrogen-bond acceptors (Lipinski definition) is 2. The van der Waals surface area contributed by atoms with Gasteiger partial charge in [0.25, 0.3) is 0 Å². The summed E-state index contributed by atoms with van der Waals surface area (Å²) < 4.78 is 0. The maximum Gasteiger partial charge on any atom is 0.317 e. The smallest absolute Gasteiger partial charge is 0.317 e. The van der Waals surface area contributed by atoms with Gasteiger partial charge in [-0.15, -0.1) is 11.3 Å². The number of nitrogens with zero attached hydrogens (tertiary/aromatic N) is 1. The lowest BCUT2D eigenvalue weighted by Gasteiger charge is -2.17. The zero-order chi connectivity index (χ0) is 11.8. The Balaban J connectivity index is 2.14. The highest BCUT2D eigenvalue weighted by Crippen LogP contribution is 2.08. The number of nitrogens with one attached hydrogen (secondary N) is 1. The summed E-state index contributed by atoms with van der Waals surface area (Å²) in [7, 11) is 1.84. The van der Waals surface area contributed by atoms with Crippen LogP contribution in [0, 0.1) is 0 Å². The number of carbonyl (C=O) groups is 1. The maximum atomic E-state index is 11.6. The van der Waals surface area contributed by atoms with Gasteiger partial charge in [-0.1, -0.05) is 19.4 Å². The Hall–Kier alpha value is -1.03. The van der Waals surface area contributed by atoms with Gasteiger partial charge in [-0.05, 0) is 24.3 Å². The van der Waals surface area contributed by atoms with Gasteiger partial charge in [0.1, 0.15) is 0 Å². The van der Waals surface area contributed by atoms with Crippen molar-refractivity contribution in [1.82, 2.24) is 10.2 Å². The van der Waals surface area contributed by atoms with Crippen LogP contribution < -0.4 is 5.32 Å². The SMILES string of the molecule is CCCCN(C)C(=O)NCCc1cccs1. The van der Waals surface area contributed by atoms with E-state index in [-0.39, 0.29) is 6.03 Å². The molecule has 1 aromatic rings. The number of rotatable bonds is 6. The van der Waals surface area contributed by atoms with Crippen LogP contribution in [0.5, 0.6) is 0 Å². The minimum absolute atomic E-state index is 0.0324. The summed E-state index contributed by atoms with van der Waals surface area (Å²) in [6.45, 7) is 3.68. The second-order valence-electron chi connectivity index (χ2n) is 3.84. The van der Waals surface area contributed by atoms with Gasteiger partial charge in [0.05, 0.1) is 0 Å². The lowest BCUT2D eigenvalue weighted by Crippen LogP contribution is -2.38. The number of hydrogen-bond donors (Lipinski definition) is 1. The molecule has 0 bridgehead atoms. The van der Waals surface area contributed by atoms with Crippen LogP contribution in [0.3, 0.4) is 0 Å². The molecule has 1 N–H and O–H groups in total. The van der Waals surface area contributed by atoms with Gasteiger partial charge >= 0.3 is 6.03 Å². The van der Waals surface area contributed by atoms with Crippen molar-refractivity contribution < 1.29 is 4.79 Å². The summed E-state index contributed by atoms with van der Waals surface area (Å²) in [6, 6.07) is 4.16. The van der Waals surface area contributed by atoms with E-state index in [4.69, 9.17) is 0 Å². The number of amides is 2. The molecular weight excluding hydrogens is 220 g/mol. The molecule has 0 aliphatic rings. The summed E-state index contributed by atoms with van der Waals surface area (Å²) in [5.74, 6) is 0. The Bertz CT molecular complexity index is 298. The minimum Gasteiger partial charge on any atom is -0.338 e. The van der Waals surface area contributed by atoms with Crippen LogP contribution in [-0.2, 0) is 6.42 Å². The fourth-order valence-electron chi connectivity index (χ4n) is 1.38. The zero-order valence-electron chi connectivity index (χ0n) is 10.0. The molecule has 90 valence electrons. The topological polar surface area (TPSA) is 32.3 Å². The molecule has 4 heteroatoms. The average Bonchev–Trinajstić information content (AvgIpc) is 2.78.